The van der Waals surface area contributed by atoms with Crippen molar-refractivity contribution >= 4 is 0 Å². The molecular formula is C18H26O. The Balaban J connectivity index is 2.21. The molecule has 0 bridgehead atoms. The Morgan fingerprint density at radius 2 is 1.68 bits per heavy atom. The van der Waals surface area contributed by atoms with Crippen molar-refractivity contribution in [2.24, 2.45) is 0 Å². The van der Waals surface area contributed by atoms with Gasteiger partial charge in [0, 0.05) is 0 Å². The molecular weight excluding hydrogens is 232 g/mol. The molecule has 0 amide bonds. The van der Waals surface area contributed by atoms with E-state index in [1.54, 1.807) is 0 Å². The van der Waals surface area contributed by atoms with Gasteiger partial charge in [0.1, 0.15) is 0 Å². The van der Waals surface area contributed by atoms with Crippen LogP contribution in [0.25, 0.3) is 0 Å². The molecule has 1 aromatic rings. The highest BCUT2D eigenvalue weighted by Crippen LogP contribution is 2.35. The highest BCUT2D eigenvalue weighted by Gasteiger charge is 2.18. The number of benzene rings is 1. The first-order valence-electron chi connectivity index (χ1n) is 7.72. The second kappa shape index (κ2) is 7.49. The van der Waals surface area contributed by atoms with Crippen molar-refractivity contribution in [2.45, 2.75) is 63.9 Å². The fourth-order valence-electron chi connectivity index (χ4n) is 3.21. The molecule has 2 rings (SSSR count). The largest absolute Gasteiger partial charge is 0.384 e. The molecule has 1 aliphatic rings. The molecule has 0 radical (unpaired) electrons. The Kier molecular flexibility index (Phi) is 5.65. The van der Waals surface area contributed by atoms with Crippen molar-refractivity contribution in [3.05, 3.63) is 47.5 Å². The zero-order valence-electron chi connectivity index (χ0n) is 12.0. The molecule has 1 unspecified atom stereocenters. The summed E-state index contributed by atoms with van der Waals surface area (Å²) >= 11 is 0. The third-order valence-corrected chi connectivity index (χ3v) is 4.23. The van der Waals surface area contributed by atoms with Gasteiger partial charge in [-0.05, 0) is 36.8 Å². The van der Waals surface area contributed by atoms with E-state index in [1.807, 2.05) is 25.1 Å². The predicted octanol–water partition coefficient (Wildman–Crippen LogP) is 5.12. The first-order valence-corrected chi connectivity index (χ1v) is 7.72. The minimum absolute atomic E-state index is 0.452. The van der Waals surface area contributed by atoms with Crippen LogP contribution in [0, 0.1) is 0 Å². The zero-order valence-corrected chi connectivity index (χ0v) is 12.0. The third-order valence-electron chi connectivity index (χ3n) is 4.23. The molecule has 1 atom stereocenters. The van der Waals surface area contributed by atoms with E-state index in [0.29, 0.717) is 5.92 Å². The smallest absolute Gasteiger partial charge is 0.0974 e. The minimum atomic E-state index is -0.452. The molecule has 1 aliphatic carbocycles. The van der Waals surface area contributed by atoms with Crippen LogP contribution in [0.1, 0.15) is 75.0 Å². The summed E-state index contributed by atoms with van der Waals surface area (Å²) in [6.45, 7) is 1.96. The number of hydrogen-bond acceptors (Lipinski definition) is 1. The summed E-state index contributed by atoms with van der Waals surface area (Å²) in [6.07, 6.45) is 12.7. The lowest BCUT2D eigenvalue weighted by atomic mass is 9.83. The van der Waals surface area contributed by atoms with Crippen molar-refractivity contribution in [1.29, 1.82) is 0 Å². The van der Waals surface area contributed by atoms with Gasteiger partial charge in [-0.3, -0.25) is 0 Å². The summed E-state index contributed by atoms with van der Waals surface area (Å²) in [5.41, 5.74) is 2.47. The minimum Gasteiger partial charge on any atom is -0.384 e. The van der Waals surface area contributed by atoms with Crippen LogP contribution in [0.15, 0.2) is 36.4 Å². The number of aliphatic hydroxyl groups is 1. The number of aliphatic hydroxyl groups excluding tert-OH is 1. The van der Waals surface area contributed by atoms with Gasteiger partial charge < -0.3 is 5.11 Å². The van der Waals surface area contributed by atoms with Crippen molar-refractivity contribution in [2.75, 3.05) is 0 Å². The van der Waals surface area contributed by atoms with Gasteiger partial charge in [-0.25, -0.2) is 0 Å². The fourth-order valence-corrected chi connectivity index (χ4v) is 3.21. The molecule has 1 aromatic carbocycles. The van der Waals surface area contributed by atoms with E-state index in [2.05, 4.69) is 18.2 Å². The van der Waals surface area contributed by atoms with Crippen molar-refractivity contribution in [3.63, 3.8) is 0 Å². The maximum absolute atomic E-state index is 10.3. The highest BCUT2D eigenvalue weighted by atomic mass is 16.3. The van der Waals surface area contributed by atoms with Crippen LogP contribution in [0.4, 0.5) is 0 Å². The quantitative estimate of drug-likeness (QED) is 0.746. The average molecular weight is 258 g/mol. The normalized spacial score (nSPS) is 20.1. The number of rotatable bonds is 3. The van der Waals surface area contributed by atoms with Crippen LogP contribution in [0.3, 0.4) is 0 Å². The van der Waals surface area contributed by atoms with Gasteiger partial charge in [0.15, 0.2) is 0 Å². The molecule has 0 heterocycles. The molecule has 0 aliphatic heterocycles. The first kappa shape index (κ1) is 14.3. The summed E-state index contributed by atoms with van der Waals surface area (Å²) in [7, 11) is 0. The Hall–Kier alpha value is -1.08. The maximum atomic E-state index is 10.3. The lowest BCUT2D eigenvalue weighted by molar-refractivity contribution is 0.226. The Morgan fingerprint density at radius 1 is 1.05 bits per heavy atom. The number of hydrogen-bond donors (Lipinski definition) is 1. The second-order valence-corrected chi connectivity index (χ2v) is 5.64. The topological polar surface area (TPSA) is 20.2 Å². The van der Waals surface area contributed by atoms with Gasteiger partial charge in [0.2, 0.25) is 0 Å². The summed E-state index contributed by atoms with van der Waals surface area (Å²) in [5, 5.41) is 10.3. The van der Waals surface area contributed by atoms with Crippen molar-refractivity contribution in [1.82, 2.24) is 0 Å². The molecule has 0 spiro atoms. The summed E-state index contributed by atoms with van der Waals surface area (Å²) in [4.78, 5) is 0. The van der Waals surface area contributed by atoms with Gasteiger partial charge >= 0.3 is 0 Å². The summed E-state index contributed by atoms with van der Waals surface area (Å²) < 4.78 is 0. The molecule has 1 nitrogen and oxygen atoms in total. The predicted molar refractivity (Wildman–Crippen MR) is 81.3 cm³/mol. The van der Waals surface area contributed by atoms with Gasteiger partial charge in [0.05, 0.1) is 6.10 Å². The molecule has 1 N–H and O–H groups in total. The Bertz CT molecular complexity index is 400. The van der Waals surface area contributed by atoms with E-state index < -0.39 is 6.10 Å². The molecule has 104 valence electrons. The van der Waals surface area contributed by atoms with Crippen LogP contribution in [-0.4, -0.2) is 5.11 Å². The van der Waals surface area contributed by atoms with E-state index in [0.717, 1.165) is 5.56 Å². The van der Waals surface area contributed by atoms with Gasteiger partial charge in [0.25, 0.3) is 0 Å². The SMILES string of the molecule is C/C=C/C(O)c1ccccc1C1CCCCCCC1. The van der Waals surface area contributed by atoms with Crippen LogP contribution >= 0.6 is 0 Å². The summed E-state index contributed by atoms with van der Waals surface area (Å²) in [5.74, 6) is 0.636. The molecule has 0 saturated heterocycles. The Labute approximate surface area is 117 Å². The van der Waals surface area contributed by atoms with Crippen molar-refractivity contribution in [3.8, 4) is 0 Å². The molecule has 1 heteroatoms. The van der Waals surface area contributed by atoms with Gasteiger partial charge in [-0.15, -0.1) is 0 Å². The summed E-state index contributed by atoms with van der Waals surface area (Å²) in [6, 6.07) is 8.45. The monoisotopic (exact) mass is 258 g/mol. The number of allylic oxidation sites excluding steroid dienone is 1. The van der Waals surface area contributed by atoms with Crippen LogP contribution in [0.2, 0.25) is 0 Å². The maximum Gasteiger partial charge on any atom is 0.0974 e. The van der Waals surface area contributed by atoms with Crippen molar-refractivity contribution < 1.29 is 5.11 Å². The molecule has 1 fully saturated rings. The van der Waals surface area contributed by atoms with Crippen LogP contribution in [-0.2, 0) is 0 Å². The van der Waals surface area contributed by atoms with E-state index in [1.165, 1.54) is 50.5 Å². The molecule has 0 aromatic heterocycles. The average Bonchev–Trinajstić information content (AvgIpc) is 2.39. The Morgan fingerprint density at radius 3 is 2.37 bits per heavy atom. The fraction of sp³-hybridized carbons (Fsp3) is 0.556. The standard InChI is InChI=1S/C18H26O/c1-2-10-18(19)17-14-9-8-13-16(17)15-11-6-4-3-5-7-12-15/h2,8-10,13-15,18-19H,3-7,11-12H2,1H3/b10-2+. The highest BCUT2D eigenvalue weighted by molar-refractivity contribution is 5.34. The lowest BCUT2D eigenvalue weighted by Crippen LogP contribution is -2.07. The van der Waals surface area contributed by atoms with E-state index in [-0.39, 0.29) is 0 Å². The van der Waals surface area contributed by atoms with Crippen LogP contribution in [0.5, 0.6) is 0 Å². The third kappa shape index (κ3) is 3.94. The lowest BCUT2D eigenvalue weighted by Gasteiger charge is -2.23. The van der Waals surface area contributed by atoms with E-state index >= 15 is 0 Å². The van der Waals surface area contributed by atoms with Gasteiger partial charge in [-0.2, -0.15) is 0 Å². The second-order valence-electron chi connectivity index (χ2n) is 5.64. The molecule has 19 heavy (non-hydrogen) atoms. The molecule has 1 saturated carbocycles. The van der Waals surface area contributed by atoms with Gasteiger partial charge in [-0.1, -0.05) is 68.5 Å². The van der Waals surface area contributed by atoms with E-state index in [9.17, 15) is 5.11 Å². The van der Waals surface area contributed by atoms with E-state index in [4.69, 9.17) is 0 Å². The zero-order chi connectivity index (χ0) is 13.5. The van der Waals surface area contributed by atoms with Crippen LogP contribution < -0.4 is 0 Å². The first-order chi connectivity index (χ1) is 9.33.